The molecular weight excluding hydrogens is 486 g/mol. The Labute approximate surface area is 220 Å². The first-order chi connectivity index (χ1) is 16.6. The molecule has 3 aliphatic rings. The van der Waals surface area contributed by atoms with E-state index in [-0.39, 0.29) is 16.6 Å². The molecule has 1 saturated carbocycles. The van der Waals surface area contributed by atoms with Crippen molar-refractivity contribution >= 4 is 18.3 Å². The molecule has 1 aliphatic heterocycles. The molecule has 5 nitrogen and oxygen atoms in total. The molecule has 2 fully saturated rings. The second-order valence-corrected chi connectivity index (χ2v) is 20.1. The fourth-order valence-corrected chi connectivity index (χ4v) is 9.51. The van der Waals surface area contributed by atoms with Gasteiger partial charge in [0.25, 0.3) is 0 Å². The summed E-state index contributed by atoms with van der Waals surface area (Å²) in [5, 5.41) is 11.1. The topological polar surface area (TPSA) is 66.8 Å². The van der Waals surface area contributed by atoms with E-state index in [1.165, 1.54) is 0 Å². The van der Waals surface area contributed by atoms with Crippen LogP contribution in [0.15, 0.2) is 41.3 Å². The molecule has 202 valence electrons. The van der Waals surface area contributed by atoms with Gasteiger partial charge in [-0.2, -0.15) is 4.31 Å². The standard InChI is InChI=1S/C29H47NO4SSi/c1-22-11-13-24(14-12-22)35(32,33)30-18-8-10-25-26(34-36(6,7)27(2,3)4)20-23-21-28(5,31)16-17-29(23,25)15-9-19-30/h11-14,16-17,23,25-26,31H,8-10,15,18-21H2,1-7H3/t23-,25-,26+,28?,29+/m1/s1. The van der Waals surface area contributed by atoms with Gasteiger partial charge >= 0.3 is 0 Å². The van der Waals surface area contributed by atoms with Crippen molar-refractivity contribution in [3.05, 3.63) is 42.0 Å². The van der Waals surface area contributed by atoms with Crippen molar-refractivity contribution in [1.29, 1.82) is 0 Å². The molecule has 5 atom stereocenters. The van der Waals surface area contributed by atoms with Gasteiger partial charge in [-0.25, -0.2) is 8.42 Å². The Morgan fingerprint density at radius 2 is 1.72 bits per heavy atom. The molecule has 1 aromatic carbocycles. The van der Waals surface area contributed by atoms with Gasteiger partial charge in [-0.1, -0.05) is 50.6 Å². The molecule has 1 unspecified atom stereocenters. The molecule has 1 N–H and O–H groups in total. The second kappa shape index (κ2) is 9.64. The number of hydrogen-bond donors (Lipinski definition) is 1. The monoisotopic (exact) mass is 533 g/mol. The smallest absolute Gasteiger partial charge is 0.243 e. The van der Waals surface area contributed by atoms with Crippen molar-refractivity contribution in [3.8, 4) is 0 Å². The van der Waals surface area contributed by atoms with Crippen molar-refractivity contribution in [2.75, 3.05) is 13.1 Å². The maximum Gasteiger partial charge on any atom is 0.243 e. The van der Waals surface area contributed by atoms with E-state index in [1.54, 1.807) is 16.4 Å². The molecule has 7 heteroatoms. The lowest BCUT2D eigenvalue weighted by Gasteiger charge is -2.45. The lowest BCUT2D eigenvalue weighted by Crippen LogP contribution is -2.46. The van der Waals surface area contributed by atoms with E-state index >= 15 is 0 Å². The number of benzene rings is 1. The molecular formula is C29H47NO4SSi. The lowest BCUT2D eigenvalue weighted by molar-refractivity contribution is 0.0284. The largest absolute Gasteiger partial charge is 0.414 e. The van der Waals surface area contributed by atoms with Crippen molar-refractivity contribution in [1.82, 2.24) is 4.31 Å². The van der Waals surface area contributed by atoms with Gasteiger partial charge in [0, 0.05) is 19.2 Å². The SMILES string of the molecule is Cc1ccc(S(=O)(=O)N2CCC[C@@H]3[C@@H](O[Si](C)(C)C(C)(C)C)C[C@@H]4CC(C)(O)C=C[C@@]43CCC2)cc1. The Bertz CT molecular complexity index is 1070. The summed E-state index contributed by atoms with van der Waals surface area (Å²) in [5.74, 6) is 0.712. The summed E-state index contributed by atoms with van der Waals surface area (Å²) in [4.78, 5) is 0.385. The van der Waals surface area contributed by atoms with Crippen LogP contribution in [0.2, 0.25) is 18.1 Å². The van der Waals surface area contributed by atoms with E-state index in [1.807, 2.05) is 32.1 Å². The van der Waals surface area contributed by atoms with Gasteiger partial charge in [-0.15, -0.1) is 0 Å². The highest BCUT2D eigenvalue weighted by molar-refractivity contribution is 7.89. The van der Waals surface area contributed by atoms with Crippen LogP contribution in [-0.4, -0.2) is 50.9 Å². The highest BCUT2D eigenvalue weighted by Crippen LogP contribution is 2.60. The maximum atomic E-state index is 13.5. The first-order valence-electron chi connectivity index (χ1n) is 13.7. The normalized spacial score (nSPS) is 34.4. The van der Waals surface area contributed by atoms with Gasteiger partial charge in [-0.3, -0.25) is 0 Å². The highest BCUT2D eigenvalue weighted by Gasteiger charge is 2.57. The van der Waals surface area contributed by atoms with Crippen LogP contribution in [0.3, 0.4) is 0 Å². The predicted molar refractivity (Wildman–Crippen MR) is 149 cm³/mol. The molecule has 1 aromatic rings. The van der Waals surface area contributed by atoms with Gasteiger partial charge in [0.15, 0.2) is 8.32 Å². The maximum absolute atomic E-state index is 13.5. The number of rotatable bonds is 4. The summed E-state index contributed by atoms with van der Waals surface area (Å²) in [6.07, 6.45) is 9.76. The zero-order valence-corrected chi connectivity index (χ0v) is 25.2. The minimum absolute atomic E-state index is 0.0289. The lowest BCUT2D eigenvalue weighted by atomic mass is 9.62. The van der Waals surface area contributed by atoms with Crippen LogP contribution in [-0.2, 0) is 14.4 Å². The van der Waals surface area contributed by atoms with E-state index in [4.69, 9.17) is 4.43 Å². The van der Waals surface area contributed by atoms with Gasteiger partial charge < -0.3 is 9.53 Å². The molecule has 36 heavy (non-hydrogen) atoms. The summed E-state index contributed by atoms with van der Waals surface area (Å²) in [7, 11) is -5.50. The summed E-state index contributed by atoms with van der Waals surface area (Å²) in [5.41, 5.74) is 0.244. The first-order valence-corrected chi connectivity index (χ1v) is 18.1. The summed E-state index contributed by atoms with van der Waals surface area (Å²) >= 11 is 0. The molecule has 4 rings (SSSR count). The zero-order valence-electron chi connectivity index (χ0n) is 23.4. The number of hydrogen-bond acceptors (Lipinski definition) is 4. The van der Waals surface area contributed by atoms with Crippen molar-refractivity contribution in [2.24, 2.45) is 17.3 Å². The summed E-state index contributed by atoms with van der Waals surface area (Å²) in [6, 6.07) is 7.21. The molecule has 0 aromatic heterocycles. The highest BCUT2D eigenvalue weighted by atomic mass is 32.2. The minimum atomic E-state index is -3.52. The first kappa shape index (κ1) is 28.0. The number of aliphatic hydroxyl groups is 1. The molecule has 1 heterocycles. The van der Waals surface area contributed by atoms with Crippen LogP contribution in [0.5, 0.6) is 0 Å². The Kier molecular flexibility index (Phi) is 7.50. The van der Waals surface area contributed by atoms with Crippen LogP contribution in [0.4, 0.5) is 0 Å². The van der Waals surface area contributed by atoms with Gasteiger partial charge in [0.2, 0.25) is 10.0 Å². The quantitative estimate of drug-likeness (QED) is 0.365. The van der Waals surface area contributed by atoms with E-state index in [9.17, 15) is 13.5 Å². The van der Waals surface area contributed by atoms with E-state index in [0.29, 0.717) is 29.8 Å². The third-order valence-corrected chi connectivity index (χ3v) is 16.1. The third kappa shape index (κ3) is 5.28. The van der Waals surface area contributed by atoms with Gasteiger partial charge in [0.1, 0.15) is 0 Å². The van der Waals surface area contributed by atoms with Crippen molar-refractivity contribution in [3.63, 3.8) is 0 Å². The molecule has 1 spiro atoms. The van der Waals surface area contributed by atoms with Crippen LogP contribution >= 0.6 is 0 Å². The minimum Gasteiger partial charge on any atom is -0.414 e. The number of nitrogens with zero attached hydrogens (tertiary/aromatic N) is 1. The fraction of sp³-hybridized carbons (Fsp3) is 0.724. The third-order valence-electron chi connectivity index (χ3n) is 9.68. The Hall–Kier alpha value is -0.993. The van der Waals surface area contributed by atoms with Crippen LogP contribution in [0, 0.1) is 24.2 Å². The molecule has 0 bridgehead atoms. The Balaban J connectivity index is 1.63. The number of aryl methyl sites for hydroxylation is 1. The summed E-state index contributed by atoms with van der Waals surface area (Å²) in [6.45, 7) is 16.5. The Morgan fingerprint density at radius 1 is 1.08 bits per heavy atom. The van der Waals surface area contributed by atoms with Crippen molar-refractivity contribution < 1.29 is 18.0 Å². The second-order valence-electron chi connectivity index (χ2n) is 13.4. The summed E-state index contributed by atoms with van der Waals surface area (Å²) < 4.78 is 35.8. The van der Waals surface area contributed by atoms with E-state index < -0.39 is 23.9 Å². The van der Waals surface area contributed by atoms with Gasteiger partial charge in [-0.05, 0) is 99.9 Å². The van der Waals surface area contributed by atoms with Crippen LogP contribution in [0.1, 0.15) is 71.8 Å². The number of sulfonamides is 1. The average molecular weight is 534 g/mol. The van der Waals surface area contributed by atoms with Crippen LogP contribution < -0.4 is 0 Å². The molecule has 1 saturated heterocycles. The van der Waals surface area contributed by atoms with E-state index in [0.717, 1.165) is 44.1 Å². The zero-order chi connectivity index (χ0) is 26.6. The number of allylic oxidation sites excluding steroid dienone is 1. The molecule has 0 amide bonds. The van der Waals surface area contributed by atoms with E-state index in [2.05, 4.69) is 39.9 Å². The molecule has 2 aliphatic carbocycles. The average Bonchev–Trinajstić information content (AvgIpc) is 3.07. The fourth-order valence-electron chi connectivity index (χ4n) is 6.62. The van der Waals surface area contributed by atoms with Gasteiger partial charge in [0.05, 0.1) is 10.5 Å². The Morgan fingerprint density at radius 3 is 2.36 bits per heavy atom. The van der Waals surface area contributed by atoms with Crippen molar-refractivity contribution in [2.45, 2.75) is 108 Å². The predicted octanol–water partition coefficient (Wildman–Crippen LogP) is 6.28. The molecule has 0 radical (unpaired) electrons. The van der Waals surface area contributed by atoms with Crippen LogP contribution in [0.25, 0.3) is 0 Å².